The molecule has 0 atom stereocenters. The first-order valence-electron chi connectivity index (χ1n) is 7.27. The molecule has 4 aliphatic rings. The van der Waals surface area contributed by atoms with Crippen LogP contribution in [0.4, 0.5) is 0 Å². The average molecular weight is 394 g/mol. The molecule has 21 heavy (non-hydrogen) atoms. The van der Waals surface area contributed by atoms with Crippen LogP contribution < -0.4 is 4.74 Å². The summed E-state index contributed by atoms with van der Waals surface area (Å²) in [5, 5.41) is 0. The van der Waals surface area contributed by atoms with Gasteiger partial charge in [0.2, 0.25) is 0 Å². The van der Waals surface area contributed by atoms with Crippen LogP contribution in [0.25, 0.3) is 0 Å². The molecule has 0 N–H and O–H groups in total. The maximum atomic E-state index is 5.85. The number of hydrogen-bond acceptors (Lipinski definition) is 2. The number of benzene rings is 2. The first-order valence-corrected chi connectivity index (χ1v) is 8.35. The van der Waals surface area contributed by atoms with Crippen LogP contribution in [0.3, 0.4) is 0 Å². The fourth-order valence-corrected chi connectivity index (χ4v) is 3.68. The maximum absolute atomic E-state index is 5.85. The van der Waals surface area contributed by atoms with Crippen LogP contribution in [0.5, 0.6) is 5.75 Å². The van der Waals surface area contributed by atoms with Crippen molar-refractivity contribution in [3.05, 3.63) is 62.2 Å². The summed E-state index contributed by atoms with van der Waals surface area (Å²) < 4.78 is 12.2. The molecule has 2 aromatic rings. The lowest BCUT2D eigenvalue weighted by Crippen LogP contribution is -2.07. The van der Waals surface area contributed by atoms with Gasteiger partial charge in [0.05, 0.1) is 3.57 Å². The third kappa shape index (κ3) is 3.40. The first kappa shape index (κ1) is 14.9. The van der Waals surface area contributed by atoms with E-state index in [9.17, 15) is 0 Å². The SMILES string of the molecule is COCOc1c2ccc(c1I)CCc1ccc(cc1)CC2. The number of rotatable bonds is 3. The zero-order chi connectivity index (χ0) is 14.7. The zero-order valence-corrected chi connectivity index (χ0v) is 14.4. The van der Waals surface area contributed by atoms with Crippen LogP contribution in [0.1, 0.15) is 22.3 Å². The van der Waals surface area contributed by atoms with Gasteiger partial charge in [0.15, 0.2) is 6.79 Å². The van der Waals surface area contributed by atoms with Crippen molar-refractivity contribution in [2.45, 2.75) is 25.7 Å². The highest BCUT2D eigenvalue weighted by Gasteiger charge is 2.14. The fraction of sp³-hybridized carbons (Fsp3) is 0.333. The Morgan fingerprint density at radius 3 is 2.05 bits per heavy atom. The monoisotopic (exact) mass is 394 g/mol. The third-order valence-corrected chi connectivity index (χ3v) is 5.15. The van der Waals surface area contributed by atoms with Gasteiger partial charge in [-0.15, -0.1) is 0 Å². The Morgan fingerprint density at radius 1 is 0.857 bits per heavy atom. The Kier molecular flexibility index (Phi) is 4.80. The lowest BCUT2D eigenvalue weighted by atomic mass is 9.96. The van der Waals surface area contributed by atoms with Crippen LogP contribution in [-0.4, -0.2) is 13.9 Å². The number of hydrogen-bond donors (Lipinski definition) is 0. The molecule has 2 aromatic carbocycles. The zero-order valence-electron chi connectivity index (χ0n) is 12.2. The summed E-state index contributed by atoms with van der Waals surface area (Å²) in [6, 6.07) is 13.5. The normalized spacial score (nSPS) is 13.8. The highest BCUT2D eigenvalue weighted by atomic mass is 127. The Labute approximate surface area is 139 Å². The molecular weight excluding hydrogens is 375 g/mol. The van der Waals surface area contributed by atoms with Crippen LogP contribution in [0, 0.1) is 3.57 Å². The van der Waals surface area contributed by atoms with E-state index in [0.717, 1.165) is 31.4 Å². The molecule has 0 fully saturated rings. The summed E-state index contributed by atoms with van der Waals surface area (Å²) in [6.45, 7) is 0.306. The minimum absolute atomic E-state index is 0.306. The second-order valence-corrected chi connectivity index (χ2v) is 6.47. The van der Waals surface area contributed by atoms with Crippen molar-refractivity contribution in [1.29, 1.82) is 0 Å². The van der Waals surface area contributed by atoms with E-state index in [1.54, 1.807) is 7.11 Å². The van der Waals surface area contributed by atoms with E-state index in [2.05, 4.69) is 59.0 Å². The van der Waals surface area contributed by atoms with Crippen molar-refractivity contribution in [3.8, 4) is 5.75 Å². The minimum Gasteiger partial charge on any atom is -0.466 e. The van der Waals surface area contributed by atoms with Crippen molar-refractivity contribution in [2.24, 2.45) is 0 Å². The van der Waals surface area contributed by atoms with E-state index in [1.165, 1.54) is 25.8 Å². The van der Waals surface area contributed by atoms with Crippen LogP contribution in [0.15, 0.2) is 36.4 Å². The maximum Gasteiger partial charge on any atom is 0.188 e. The van der Waals surface area contributed by atoms with E-state index in [0.29, 0.717) is 6.79 Å². The predicted molar refractivity (Wildman–Crippen MR) is 92.9 cm³/mol. The van der Waals surface area contributed by atoms with Gasteiger partial charge >= 0.3 is 0 Å². The molecule has 0 heterocycles. The van der Waals surface area contributed by atoms with Gasteiger partial charge in [-0.2, -0.15) is 0 Å². The standard InChI is InChI=1S/C18H19IO2/c1-20-12-21-18-16-9-7-14-4-2-13(3-5-14)6-8-15(10-11-16)17(18)19/h2-5,10-11H,6-9,12H2,1H3. The number of methoxy groups -OCH3 is 1. The molecule has 3 heteroatoms. The molecule has 0 amide bonds. The summed E-state index contributed by atoms with van der Waals surface area (Å²) in [5.41, 5.74) is 5.41. The lowest BCUT2D eigenvalue weighted by Gasteiger charge is -2.17. The molecule has 0 saturated carbocycles. The second-order valence-electron chi connectivity index (χ2n) is 5.39. The molecule has 4 bridgehead atoms. The largest absolute Gasteiger partial charge is 0.466 e. The van der Waals surface area contributed by atoms with E-state index in [-0.39, 0.29) is 0 Å². The van der Waals surface area contributed by atoms with Crippen molar-refractivity contribution in [3.63, 3.8) is 0 Å². The quantitative estimate of drug-likeness (QED) is 0.575. The molecule has 0 spiro atoms. The summed E-state index contributed by atoms with van der Waals surface area (Å²) >= 11 is 2.41. The van der Waals surface area contributed by atoms with E-state index in [1.807, 2.05) is 0 Å². The Balaban J connectivity index is 1.98. The molecule has 6 rings (SSSR count). The molecule has 2 nitrogen and oxygen atoms in total. The van der Waals surface area contributed by atoms with Gasteiger partial charge in [-0.05, 0) is 70.5 Å². The molecule has 0 unspecified atom stereocenters. The topological polar surface area (TPSA) is 18.5 Å². The first-order chi connectivity index (χ1) is 10.3. The van der Waals surface area contributed by atoms with E-state index < -0.39 is 0 Å². The molecule has 0 aromatic heterocycles. The number of ether oxygens (including phenoxy) is 2. The highest BCUT2D eigenvalue weighted by molar-refractivity contribution is 14.1. The second kappa shape index (κ2) is 6.79. The van der Waals surface area contributed by atoms with Crippen molar-refractivity contribution in [1.82, 2.24) is 0 Å². The van der Waals surface area contributed by atoms with E-state index >= 15 is 0 Å². The Hall–Kier alpha value is -1.07. The van der Waals surface area contributed by atoms with Gasteiger partial charge in [-0.1, -0.05) is 36.4 Å². The molecule has 0 saturated heterocycles. The van der Waals surface area contributed by atoms with Gasteiger partial charge in [-0.3, -0.25) is 0 Å². The third-order valence-electron chi connectivity index (χ3n) is 3.97. The van der Waals surface area contributed by atoms with Gasteiger partial charge in [0.1, 0.15) is 5.75 Å². The molecule has 0 aliphatic heterocycles. The van der Waals surface area contributed by atoms with Gasteiger partial charge in [-0.25, -0.2) is 0 Å². The van der Waals surface area contributed by atoms with Crippen LogP contribution in [0.2, 0.25) is 0 Å². The highest BCUT2D eigenvalue weighted by Crippen LogP contribution is 2.31. The van der Waals surface area contributed by atoms with Crippen molar-refractivity contribution in [2.75, 3.05) is 13.9 Å². The average Bonchev–Trinajstić information content (AvgIpc) is 2.50. The molecule has 110 valence electrons. The van der Waals surface area contributed by atoms with Crippen molar-refractivity contribution < 1.29 is 9.47 Å². The van der Waals surface area contributed by atoms with Gasteiger partial charge in [0, 0.05) is 7.11 Å². The lowest BCUT2D eigenvalue weighted by molar-refractivity contribution is 0.0497. The fourth-order valence-electron chi connectivity index (χ4n) is 2.73. The predicted octanol–water partition coefficient (Wildman–Crippen LogP) is 4.16. The summed E-state index contributed by atoms with van der Waals surface area (Å²) in [4.78, 5) is 0. The smallest absolute Gasteiger partial charge is 0.188 e. The van der Waals surface area contributed by atoms with Crippen molar-refractivity contribution >= 4 is 22.6 Å². The summed E-state index contributed by atoms with van der Waals surface area (Å²) in [7, 11) is 1.66. The molecule has 4 aliphatic carbocycles. The van der Waals surface area contributed by atoms with Gasteiger partial charge in [0.25, 0.3) is 0 Å². The van der Waals surface area contributed by atoms with E-state index in [4.69, 9.17) is 9.47 Å². The number of halogens is 1. The number of aryl methyl sites for hydroxylation is 4. The van der Waals surface area contributed by atoms with Crippen LogP contribution in [-0.2, 0) is 30.4 Å². The molecular formula is C18H19IO2. The van der Waals surface area contributed by atoms with Gasteiger partial charge < -0.3 is 9.47 Å². The minimum atomic E-state index is 0.306. The summed E-state index contributed by atoms with van der Waals surface area (Å²) in [6.07, 6.45) is 4.15. The Morgan fingerprint density at radius 2 is 1.43 bits per heavy atom. The van der Waals surface area contributed by atoms with Crippen LogP contribution >= 0.6 is 22.6 Å². The molecule has 0 radical (unpaired) electrons. The Bertz CT molecular complexity index is 620. The summed E-state index contributed by atoms with van der Waals surface area (Å²) in [5.74, 6) is 1.00.